The molecule has 0 aliphatic rings. The Kier molecular flexibility index (Phi) is 7.43. The molecule has 0 aromatic heterocycles. The van der Waals surface area contributed by atoms with Crippen molar-refractivity contribution in [1.82, 2.24) is 5.32 Å². The molecule has 0 fully saturated rings. The number of amides is 2. The Bertz CT molecular complexity index is 1060. The highest BCUT2D eigenvalue weighted by Crippen LogP contribution is 2.33. The minimum absolute atomic E-state index is 0.137. The molecule has 6 heteroatoms. The Morgan fingerprint density at radius 3 is 2.32 bits per heavy atom. The number of carbonyl (C=O) groups is 2. The second kappa shape index (κ2) is 10.6. The molecule has 0 aliphatic heterocycles. The van der Waals surface area contributed by atoms with Crippen LogP contribution in [-0.4, -0.2) is 32.6 Å². The largest absolute Gasteiger partial charge is 0.497 e. The molecule has 0 saturated heterocycles. The van der Waals surface area contributed by atoms with Gasteiger partial charge in [-0.15, -0.1) is 0 Å². The molecule has 0 unspecified atom stereocenters. The van der Waals surface area contributed by atoms with Crippen molar-refractivity contribution in [1.29, 1.82) is 0 Å². The first-order chi connectivity index (χ1) is 15.1. The molecule has 0 bridgehead atoms. The van der Waals surface area contributed by atoms with E-state index in [2.05, 4.69) is 10.6 Å². The molecule has 3 aromatic carbocycles. The zero-order chi connectivity index (χ0) is 22.1. The number of anilines is 1. The predicted molar refractivity (Wildman–Crippen MR) is 122 cm³/mol. The van der Waals surface area contributed by atoms with Gasteiger partial charge in [-0.05, 0) is 47.5 Å². The summed E-state index contributed by atoms with van der Waals surface area (Å²) in [6, 6.07) is 22.4. The summed E-state index contributed by atoms with van der Waals surface area (Å²) < 4.78 is 10.6. The molecular formula is C25H24N2O4. The van der Waals surface area contributed by atoms with Gasteiger partial charge in [0.2, 0.25) is 11.8 Å². The molecular weight excluding hydrogens is 392 g/mol. The van der Waals surface area contributed by atoms with Crippen LogP contribution in [0.1, 0.15) is 5.56 Å². The number of benzene rings is 3. The highest BCUT2D eigenvalue weighted by molar-refractivity contribution is 5.98. The van der Waals surface area contributed by atoms with Crippen LogP contribution in [0, 0.1) is 0 Å². The Labute approximate surface area is 181 Å². The summed E-state index contributed by atoms with van der Waals surface area (Å²) in [5, 5.41) is 5.38. The lowest BCUT2D eigenvalue weighted by Gasteiger charge is -2.12. The third-order valence-electron chi connectivity index (χ3n) is 4.53. The van der Waals surface area contributed by atoms with Gasteiger partial charge >= 0.3 is 0 Å². The summed E-state index contributed by atoms with van der Waals surface area (Å²) in [5.41, 5.74) is 3.27. The third-order valence-corrected chi connectivity index (χ3v) is 4.53. The summed E-state index contributed by atoms with van der Waals surface area (Å²) in [6.07, 6.45) is 3.09. The summed E-state index contributed by atoms with van der Waals surface area (Å²) >= 11 is 0. The van der Waals surface area contributed by atoms with E-state index in [1.54, 1.807) is 32.4 Å². The van der Waals surface area contributed by atoms with Crippen LogP contribution in [0.5, 0.6) is 11.5 Å². The van der Waals surface area contributed by atoms with Crippen molar-refractivity contribution in [3.05, 3.63) is 84.4 Å². The molecule has 3 rings (SSSR count). The van der Waals surface area contributed by atoms with E-state index in [0.29, 0.717) is 11.4 Å². The van der Waals surface area contributed by atoms with Gasteiger partial charge in [0.15, 0.2) is 0 Å². The molecule has 158 valence electrons. The third kappa shape index (κ3) is 6.21. The van der Waals surface area contributed by atoms with E-state index in [-0.39, 0.29) is 18.4 Å². The average Bonchev–Trinajstić information content (AvgIpc) is 2.82. The number of rotatable bonds is 8. The van der Waals surface area contributed by atoms with E-state index >= 15 is 0 Å². The fourth-order valence-electron chi connectivity index (χ4n) is 2.95. The van der Waals surface area contributed by atoms with E-state index in [1.165, 1.54) is 6.08 Å². The zero-order valence-corrected chi connectivity index (χ0v) is 17.4. The lowest BCUT2D eigenvalue weighted by atomic mass is 10.0. The molecule has 0 atom stereocenters. The van der Waals surface area contributed by atoms with Crippen molar-refractivity contribution < 1.29 is 19.1 Å². The van der Waals surface area contributed by atoms with Crippen molar-refractivity contribution in [3.8, 4) is 22.6 Å². The van der Waals surface area contributed by atoms with Gasteiger partial charge in [0.25, 0.3) is 0 Å². The van der Waals surface area contributed by atoms with Gasteiger partial charge in [0, 0.05) is 17.3 Å². The molecule has 0 aliphatic carbocycles. The van der Waals surface area contributed by atoms with Crippen LogP contribution in [-0.2, 0) is 9.59 Å². The van der Waals surface area contributed by atoms with Crippen molar-refractivity contribution in [2.75, 3.05) is 26.1 Å². The molecule has 6 nitrogen and oxygen atoms in total. The van der Waals surface area contributed by atoms with Crippen LogP contribution in [0.3, 0.4) is 0 Å². The van der Waals surface area contributed by atoms with Crippen LogP contribution in [0.2, 0.25) is 0 Å². The molecule has 31 heavy (non-hydrogen) atoms. The lowest BCUT2D eigenvalue weighted by molar-refractivity contribution is -0.121. The minimum atomic E-state index is -0.340. The van der Waals surface area contributed by atoms with Crippen molar-refractivity contribution >= 4 is 23.6 Å². The van der Waals surface area contributed by atoms with Crippen LogP contribution in [0.4, 0.5) is 5.69 Å². The fraction of sp³-hybridized carbons (Fsp3) is 0.120. The highest BCUT2D eigenvalue weighted by atomic mass is 16.5. The summed E-state index contributed by atoms with van der Waals surface area (Å²) in [5.74, 6) is 0.770. The Morgan fingerprint density at radius 1 is 0.903 bits per heavy atom. The predicted octanol–water partition coefficient (Wildman–Crippen LogP) is 4.14. The molecule has 3 aromatic rings. The molecule has 0 radical (unpaired) electrons. The quantitative estimate of drug-likeness (QED) is 0.541. The van der Waals surface area contributed by atoms with E-state index < -0.39 is 0 Å². The number of nitrogens with one attached hydrogen (secondary N) is 2. The van der Waals surface area contributed by atoms with E-state index in [4.69, 9.17) is 9.47 Å². The smallest absolute Gasteiger partial charge is 0.244 e. The Morgan fingerprint density at radius 2 is 1.65 bits per heavy atom. The zero-order valence-electron chi connectivity index (χ0n) is 17.4. The SMILES string of the molecule is COc1ccc(-c2cc(NC(=O)CNC(=O)/C=C/c3ccccc3)ccc2OC)cc1. The first-order valence-corrected chi connectivity index (χ1v) is 9.72. The van der Waals surface area contributed by atoms with Crippen LogP contribution < -0.4 is 20.1 Å². The number of methoxy groups -OCH3 is 2. The Hall–Kier alpha value is -4.06. The standard InChI is InChI=1S/C25H24N2O4/c1-30-21-12-9-19(10-13-21)22-16-20(11-14-23(22)31-2)27-25(29)17-26-24(28)15-8-18-6-4-3-5-7-18/h3-16H,17H2,1-2H3,(H,26,28)(H,27,29)/b15-8+. The van der Waals surface area contributed by atoms with Crippen LogP contribution in [0.15, 0.2) is 78.9 Å². The lowest BCUT2D eigenvalue weighted by Crippen LogP contribution is -2.31. The molecule has 0 spiro atoms. The topological polar surface area (TPSA) is 76.7 Å². The molecule has 2 N–H and O–H groups in total. The maximum atomic E-state index is 12.3. The van der Waals surface area contributed by atoms with E-state index in [9.17, 15) is 9.59 Å². The van der Waals surface area contributed by atoms with Crippen molar-refractivity contribution in [2.45, 2.75) is 0 Å². The first-order valence-electron chi connectivity index (χ1n) is 9.72. The van der Waals surface area contributed by atoms with Crippen molar-refractivity contribution in [2.24, 2.45) is 0 Å². The van der Waals surface area contributed by atoms with Crippen LogP contribution in [0.25, 0.3) is 17.2 Å². The van der Waals surface area contributed by atoms with Gasteiger partial charge in [-0.3, -0.25) is 9.59 Å². The second-order valence-electron chi connectivity index (χ2n) is 6.65. The molecule has 2 amide bonds. The average molecular weight is 416 g/mol. The monoisotopic (exact) mass is 416 g/mol. The normalized spacial score (nSPS) is 10.5. The van der Waals surface area contributed by atoms with Gasteiger partial charge in [-0.25, -0.2) is 0 Å². The van der Waals surface area contributed by atoms with Crippen LogP contribution >= 0.6 is 0 Å². The fourth-order valence-corrected chi connectivity index (χ4v) is 2.95. The van der Waals surface area contributed by atoms with Gasteiger partial charge in [-0.1, -0.05) is 42.5 Å². The summed E-state index contributed by atoms with van der Waals surface area (Å²) in [6.45, 7) is -0.137. The number of ether oxygens (including phenoxy) is 2. The highest BCUT2D eigenvalue weighted by Gasteiger charge is 2.10. The summed E-state index contributed by atoms with van der Waals surface area (Å²) in [4.78, 5) is 24.2. The maximum Gasteiger partial charge on any atom is 0.244 e. The summed E-state index contributed by atoms with van der Waals surface area (Å²) in [7, 11) is 3.21. The maximum absolute atomic E-state index is 12.3. The molecule has 0 saturated carbocycles. The number of carbonyl (C=O) groups excluding carboxylic acids is 2. The number of hydrogen-bond donors (Lipinski definition) is 2. The van der Waals surface area contributed by atoms with E-state index in [1.807, 2.05) is 60.7 Å². The molecule has 0 heterocycles. The number of hydrogen-bond acceptors (Lipinski definition) is 4. The van der Waals surface area contributed by atoms with Gasteiger partial charge in [0.05, 0.1) is 20.8 Å². The second-order valence-corrected chi connectivity index (χ2v) is 6.65. The van der Waals surface area contributed by atoms with Gasteiger partial charge < -0.3 is 20.1 Å². The van der Waals surface area contributed by atoms with E-state index in [0.717, 1.165) is 22.4 Å². The Balaban J connectivity index is 1.61. The van der Waals surface area contributed by atoms with Gasteiger partial charge in [0.1, 0.15) is 11.5 Å². The van der Waals surface area contributed by atoms with Gasteiger partial charge in [-0.2, -0.15) is 0 Å². The van der Waals surface area contributed by atoms with Crippen molar-refractivity contribution in [3.63, 3.8) is 0 Å². The first kappa shape index (κ1) is 21.6. The minimum Gasteiger partial charge on any atom is -0.497 e.